The molecule has 5 atom stereocenters. The molecule has 5 unspecified atom stereocenters. The van der Waals surface area contributed by atoms with Crippen molar-refractivity contribution in [1.29, 1.82) is 0 Å². The number of carboxylic acid groups (broad SMARTS) is 1. The summed E-state index contributed by atoms with van der Waals surface area (Å²) >= 11 is 0. The first-order valence-corrected chi connectivity index (χ1v) is 15.5. The first kappa shape index (κ1) is 33.1. The number of hydrogen-bond donors (Lipinski definition) is 3. The summed E-state index contributed by atoms with van der Waals surface area (Å²) < 4.78 is 48.6. The SMILES string of the molecule is CCC1CC1(NC(=O)C1CC(Oc2nc3ccccc3n2CC)CN1C(=O)C(Nc1cccc(C(F)(F)F)c1)C(C)(C)C)C(=O)O. The molecule has 10 nitrogen and oxygen atoms in total. The predicted octanol–water partition coefficient (Wildman–Crippen LogP) is 5.32. The number of fused-ring (bicyclic) bond motifs is 1. The van der Waals surface area contributed by atoms with Gasteiger partial charge in [0.25, 0.3) is 6.01 Å². The maximum Gasteiger partial charge on any atom is 0.416 e. The number of para-hydroxylation sites is 2. The standard InChI is InChI=1S/C33H40F3N5O5/c1-6-19-17-32(19,29(44)45)39-27(42)25-16-22(46-30-38-23-13-8-9-14-24(23)40(30)7-2)18-41(25)28(43)26(31(3,4)5)37-21-12-10-11-20(15-21)33(34,35)36/h8-15,19,22,25-26,37H,6-7,16-18H2,1-5H3,(H,39,42)(H,44,45). The number of alkyl halides is 3. The third kappa shape index (κ3) is 6.36. The molecule has 0 radical (unpaired) electrons. The van der Waals surface area contributed by atoms with E-state index in [1.807, 2.05) is 42.7 Å². The number of likely N-dealkylation sites (tertiary alicyclic amines) is 1. The molecule has 3 aromatic rings. The molecule has 0 bridgehead atoms. The summed E-state index contributed by atoms with van der Waals surface area (Å²) in [6.07, 6.45) is -4.33. The van der Waals surface area contributed by atoms with Gasteiger partial charge < -0.3 is 25.4 Å². The molecule has 0 spiro atoms. The number of nitrogens with zero attached hydrogens (tertiary/aromatic N) is 3. The van der Waals surface area contributed by atoms with E-state index in [0.717, 1.165) is 23.2 Å². The van der Waals surface area contributed by atoms with E-state index < -0.39 is 58.7 Å². The van der Waals surface area contributed by atoms with Gasteiger partial charge in [-0.15, -0.1) is 0 Å². The number of aliphatic carboxylic acids is 1. The molecule has 5 rings (SSSR count). The van der Waals surface area contributed by atoms with Gasteiger partial charge in [-0.05, 0) is 55.0 Å². The van der Waals surface area contributed by atoms with Gasteiger partial charge in [0.05, 0.1) is 23.1 Å². The monoisotopic (exact) mass is 643 g/mol. The van der Waals surface area contributed by atoms with Crippen LogP contribution in [-0.4, -0.2) is 67.6 Å². The average molecular weight is 644 g/mol. The molecule has 1 aliphatic heterocycles. The Morgan fingerprint density at radius 1 is 1.11 bits per heavy atom. The lowest BCUT2D eigenvalue weighted by molar-refractivity contribution is -0.146. The van der Waals surface area contributed by atoms with Gasteiger partial charge in [0.1, 0.15) is 23.7 Å². The minimum atomic E-state index is -4.57. The molecular formula is C33H40F3N5O5. The Bertz CT molecular complexity index is 1630. The van der Waals surface area contributed by atoms with E-state index in [1.165, 1.54) is 17.0 Å². The zero-order valence-corrected chi connectivity index (χ0v) is 26.5. The highest BCUT2D eigenvalue weighted by Gasteiger charge is 2.61. The third-order valence-corrected chi connectivity index (χ3v) is 9.00. The van der Waals surface area contributed by atoms with Crippen molar-refractivity contribution in [2.24, 2.45) is 11.3 Å². The smallest absolute Gasteiger partial charge is 0.416 e. The summed E-state index contributed by atoms with van der Waals surface area (Å²) in [4.78, 5) is 46.4. The zero-order valence-electron chi connectivity index (χ0n) is 26.5. The average Bonchev–Trinajstić information content (AvgIpc) is 3.36. The largest absolute Gasteiger partial charge is 0.479 e. The van der Waals surface area contributed by atoms with Crippen LogP contribution in [0.5, 0.6) is 6.01 Å². The minimum Gasteiger partial charge on any atom is -0.479 e. The van der Waals surface area contributed by atoms with Crippen LogP contribution in [0.3, 0.4) is 0 Å². The molecule has 46 heavy (non-hydrogen) atoms. The fourth-order valence-corrected chi connectivity index (χ4v) is 6.33. The fraction of sp³-hybridized carbons (Fsp3) is 0.515. The van der Waals surface area contributed by atoms with Crippen molar-refractivity contribution in [2.45, 2.75) is 90.3 Å². The lowest BCUT2D eigenvalue weighted by Crippen LogP contribution is -2.56. The zero-order chi connectivity index (χ0) is 33.6. The number of halogens is 3. The Balaban J connectivity index is 1.46. The van der Waals surface area contributed by atoms with Crippen LogP contribution in [0.1, 0.15) is 59.4 Å². The highest BCUT2D eigenvalue weighted by Crippen LogP contribution is 2.46. The number of carboxylic acids is 1. The van der Waals surface area contributed by atoms with Crippen molar-refractivity contribution >= 4 is 34.5 Å². The number of aryl methyl sites for hydroxylation is 1. The van der Waals surface area contributed by atoms with Crippen molar-refractivity contribution < 1.29 is 37.4 Å². The van der Waals surface area contributed by atoms with Crippen LogP contribution in [0.2, 0.25) is 0 Å². The maximum atomic E-state index is 14.4. The molecule has 1 saturated carbocycles. The predicted molar refractivity (Wildman–Crippen MR) is 165 cm³/mol. The van der Waals surface area contributed by atoms with Crippen LogP contribution < -0.4 is 15.4 Å². The summed E-state index contributed by atoms with van der Waals surface area (Å²) in [6.45, 7) is 9.65. The number of rotatable bonds is 10. The van der Waals surface area contributed by atoms with Gasteiger partial charge in [-0.25, -0.2) is 4.79 Å². The van der Waals surface area contributed by atoms with Gasteiger partial charge in [-0.3, -0.25) is 14.2 Å². The highest BCUT2D eigenvalue weighted by molar-refractivity contribution is 5.96. The third-order valence-electron chi connectivity index (χ3n) is 9.00. The summed E-state index contributed by atoms with van der Waals surface area (Å²) in [5.74, 6) is -2.51. The van der Waals surface area contributed by atoms with E-state index in [1.54, 1.807) is 20.8 Å². The van der Waals surface area contributed by atoms with Crippen LogP contribution in [0, 0.1) is 11.3 Å². The second-order valence-corrected chi connectivity index (χ2v) is 13.2. The number of benzene rings is 2. The van der Waals surface area contributed by atoms with Crippen molar-refractivity contribution in [3.8, 4) is 6.01 Å². The Morgan fingerprint density at radius 2 is 1.83 bits per heavy atom. The van der Waals surface area contributed by atoms with Crippen molar-refractivity contribution in [3.63, 3.8) is 0 Å². The quantitative estimate of drug-likeness (QED) is 0.273. The van der Waals surface area contributed by atoms with E-state index in [2.05, 4.69) is 15.6 Å². The molecule has 2 aliphatic rings. The Morgan fingerprint density at radius 3 is 2.43 bits per heavy atom. The first-order chi connectivity index (χ1) is 21.6. The van der Waals surface area contributed by atoms with Crippen molar-refractivity contribution in [1.82, 2.24) is 19.8 Å². The van der Waals surface area contributed by atoms with E-state index in [0.29, 0.717) is 19.0 Å². The second-order valence-electron chi connectivity index (χ2n) is 13.2. The van der Waals surface area contributed by atoms with Crippen LogP contribution in [-0.2, 0) is 27.1 Å². The number of carbonyl (C=O) groups excluding carboxylic acids is 2. The molecular weight excluding hydrogens is 603 g/mol. The molecule has 1 aliphatic carbocycles. The van der Waals surface area contributed by atoms with Crippen molar-refractivity contribution in [2.75, 3.05) is 11.9 Å². The van der Waals surface area contributed by atoms with Crippen molar-refractivity contribution in [3.05, 3.63) is 54.1 Å². The number of ether oxygens (including phenoxy) is 1. The van der Waals surface area contributed by atoms with Crippen LogP contribution in [0.25, 0.3) is 11.0 Å². The molecule has 13 heteroatoms. The van der Waals surface area contributed by atoms with Crippen LogP contribution >= 0.6 is 0 Å². The van der Waals surface area contributed by atoms with Gasteiger partial charge in [0.15, 0.2) is 0 Å². The Hall–Kier alpha value is -4.29. The number of nitrogens with one attached hydrogen (secondary N) is 2. The van der Waals surface area contributed by atoms with E-state index >= 15 is 0 Å². The fourth-order valence-electron chi connectivity index (χ4n) is 6.33. The van der Waals surface area contributed by atoms with Gasteiger partial charge in [-0.1, -0.05) is 52.3 Å². The first-order valence-electron chi connectivity index (χ1n) is 15.5. The molecule has 3 N–H and O–H groups in total. The van der Waals surface area contributed by atoms with Gasteiger partial charge >= 0.3 is 12.1 Å². The van der Waals surface area contributed by atoms with E-state index in [9.17, 15) is 32.7 Å². The van der Waals surface area contributed by atoms with E-state index in [-0.39, 0.29) is 31.0 Å². The van der Waals surface area contributed by atoms with E-state index in [4.69, 9.17) is 4.74 Å². The summed E-state index contributed by atoms with van der Waals surface area (Å²) in [5, 5.41) is 15.7. The summed E-state index contributed by atoms with van der Waals surface area (Å²) in [6, 6.07) is 10.3. The highest BCUT2D eigenvalue weighted by atomic mass is 19.4. The number of anilines is 1. The molecule has 248 valence electrons. The van der Waals surface area contributed by atoms with Gasteiger partial charge in [0, 0.05) is 18.7 Å². The lowest BCUT2D eigenvalue weighted by Gasteiger charge is -2.36. The molecule has 2 fully saturated rings. The number of carbonyl (C=O) groups is 3. The number of aromatic nitrogens is 2. The molecule has 1 aromatic heterocycles. The van der Waals surface area contributed by atoms with Gasteiger partial charge in [-0.2, -0.15) is 18.2 Å². The second kappa shape index (κ2) is 12.1. The number of amides is 2. The normalized spacial score (nSPS) is 23.7. The number of imidazole rings is 1. The maximum absolute atomic E-state index is 14.4. The lowest BCUT2D eigenvalue weighted by atomic mass is 9.85. The summed E-state index contributed by atoms with van der Waals surface area (Å²) in [7, 11) is 0. The number of hydrogen-bond acceptors (Lipinski definition) is 6. The molecule has 2 amide bonds. The Kier molecular flexibility index (Phi) is 8.73. The minimum absolute atomic E-state index is 0.0159. The Labute approximate surface area is 265 Å². The van der Waals surface area contributed by atoms with Crippen LogP contribution in [0.4, 0.5) is 18.9 Å². The molecule has 2 heterocycles. The summed E-state index contributed by atoms with van der Waals surface area (Å²) in [5.41, 5.74) is -1.39. The molecule has 1 saturated heterocycles. The molecule has 2 aromatic carbocycles. The van der Waals surface area contributed by atoms with Gasteiger partial charge in [0.2, 0.25) is 11.8 Å². The topological polar surface area (TPSA) is 126 Å². The van der Waals surface area contributed by atoms with Crippen LogP contribution in [0.15, 0.2) is 48.5 Å².